The third-order valence-electron chi connectivity index (χ3n) is 4.54. The van der Waals surface area contributed by atoms with Gasteiger partial charge in [0, 0.05) is 15.9 Å². The van der Waals surface area contributed by atoms with E-state index < -0.39 is 27.1 Å². The molecule has 0 aliphatic heterocycles. The Morgan fingerprint density at radius 3 is 2.47 bits per heavy atom. The second kappa shape index (κ2) is 9.50. The van der Waals surface area contributed by atoms with Crippen LogP contribution in [0.15, 0.2) is 80.7 Å². The smallest absolute Gasteiger partial charge is 0.318 e. The Balaban J connectivity index is 1.41. The van der Waals surface area contributed by atoms with Crippen LogP contribution >= 0.6 is 15.9 Å². The van der Waals surface area contributed by atoms with Crippen molar-refractivity contribution >= 4 is 50.4 Å². The van der Waals surface area contributed by atoms with Crippen LogP contribution in [0.1, 0.15) is 16.1 Å². The number of halogens is 1. The van der Waals surface area contributed by atoms with Gasteiger partial charge >= 0.3 is 11.6 Å². The zero-order valence-electron chi connectivity index (χ0n) is 17.0. The number of nitrogens with zero attached hydrogens (tertiary/aromatic N) is 3. The van der Waals surface area contributed by atoms with Gasteiger partial charge in [0.1, 0.15) is 11.3 Å². The van der Waals surface area contributed by atoms with E-state index >= 15 is 0 Å². The maximum atomic E-state index is 12.3. The molecule has 0 unspecified atom stereocenters. The van der Waals surface area contributed by atoms with Crippen molar-refractivity contribution in [1.82, 2.24) is 5.43 Å². The van der Waals surface area contributed by atoms with Gasteiger partial charge in [-0.3, -0.25) is 25.0 Å². The minimum Gasteiger partial charge on any atom is -0.451 e. The second-order valence-electron chi connectivity index (χ2n) is 6.83. The normalized spacial score (nSPS) is 11.0. The Morgan fingerprint density at radius 1 is 1.00 bits per heavy atom. The molecule has 170 valence electrons. The Labute approximate surface area is 199 Å². The maximum absolute atomic E-state index is 12.3. The van der Waals surface area contributed by atoms with E-state index in [1.165, 1.54) is 18.3 Å². The molecule has 0 saturated carbocycles. The van der Waals surface area contributed by atoms with E-state index in [-0.39, 0.29) is 17.3 Å². The number of furan rings is 1. The number of carbonyl (C=O) groups is 1. The molecule has 1 amide bonds. The van der Waals surface area contributed by atoms with Crippen LogP contribution in [-0.4, -0.2) is 22.0 Å². The lowest BCUT2D eigenvalue weighted by molar-refractivity contribution is -0.394. The molecule has 0 aliphatic rings. The van der Waals surface area contributed by atoms with Crippen molar-refractivity contribution in [3.63, 3.8) is 0 Å². The van der Waals surface area contributed by atoms with Crippen molar-refractivity contribution in [2.75, 3.05) is 0 Å². The molecule has 34 heavy (non-hydrogen) atoms. The number of fused-ring (bicyclic) bond motifs is 1. The summed E-state index contributed by atoms with van der Waals surface area (Å²) in [7, 11) is 0. The number of hydrogen-bond acceptors (Lipinski definition) is 8. The van der Waals surface area contributed by atoms with Gasteiger partial charge in [-0.25, -0.2) is 5.43 Å². The first-order valence-corrected chi connectivity index (χ1v) is 10.3. The minimum atomic E-state index is -0.757. The SMILES string of the molecule is O=C(N/N=C/c1ccc(Oc2ccc([N+](=O)[O-])cc2[N+](=O)[O-])cc1)c1cc2cc(Br)ccc2o1. The largest absolute Gasteiger partial charge is 0.451 e. The molecule has 0 fully saturated rings. The van der Waals surface area contributed by atoms with Gasteiger partial charge in [0.25, 0.3) is 5.69 Å². The number of amides is 1. The van der Waals surface area contributed by atoms with Crippen molar-refractivity contribution in [1.29, 1.82) is 0 Å². The molecule has 0 spiro atoms. The first kappa shape index (κ1) is 22.6. The molecular formula is C22H13BrN4O7. The summed E-state index contributed by atoms with van der Waals surface area (Å²) < 4.78 is 11.9. The minimum absolute atomic E-state index is 0.110. The van der Waals surface area contributed by atoms with Gasteiger partial charge in [0.2, 0.25) is 5.75 Å². The summed E-state index contributed by atoms with van der Waals surface area (Å²) in [4.78, 5) is 32.8. The lowest BCUT2D eigenvalue weighted by Gasteiger charge is -2.06. The van der Waals surface area contributed by atoms with Gasteiger partial charge in [-0.1, -0.05) is 15.9 Å². The van der Waals surface area contributed by atoms with E-state index in [1.807, 2.05) is 6.07 Å². The quantitative estimate of drug-likeness (QED) is 0.188. The van der Waals surface area contributed by atoms with Crippen LogP contribution in [0.25, 0.3) is 11.0 Å². The van der Waals surface area contributed by atoms with Crippen LogP contribution in [-0.2, 0) is 0 Å². The van der Waals surface area contributed by atoms with Gasteiger partial charge in [0.05, 0.1) is 22.1 Å². The molecule has 0 bridgehead atoms. The summed E-state index contributed by atoms with van der Waals surface area (Å²) in [5.41, 5.74) is 2.62. The van der Waals surface area contributed by atoms with Crippen molar-refractivity contribution in [3.8, 4) is 11.5 Å². The molecule has 1 aromatic heterocycles. The van der Waals surface area contributed by atoms with Crippen LogP contribution in [0.2, 0.25) is 0 Å². The number of hydrogen-bond donors (Lipinski definition) is 1. The highest BCUT2D eigenvalue weighted by Crippen LogP contribution is 2.34. The standard InChI is InChI=1S/C22H13BrN4O7/c23-15-3-7-19-14(9-15)10-21(34-19)22(28)25-24-12-13-1-5-17(6-2-13)33-20-8-4-16(26(29)30)11-18(20)27(31)32/h1-12H,(H,25,28)/b24-12+. The Kier molecular flexibility index (Phi) is 6.32. The molecule has 0 atom stereocenters. The molecule has 1 N–H and O–H groups in total. The van der Waals surface area contributed by atoms with E-state index in [1.54, 1.807) is 30.3 Å². The first-order valence-electron chi connectivity index (χ1n) is 9.53. The summed E-state index contributed by atoms with van der Waals surface area (Å²) in [5, 5.41) is 26.7. The van der Waals surface area contributed by atoms with Crippen molar-refractivity contribution in [3.05, 3.63) is 103 Å². The highest BCUT2D eigenvalue weighted by atomic mass is 79.9. The number of non-ortho nitro benzene ring substituents is 1. The number of benzene rings is 3. The highest BCUT2D eigenvalue weighted by Gasteiger charge is 2.21. The zero-order chi connectivity index (χ0) is 24.2. The van der Waals surface area contributed by atoms with Gasteiger partial charge in [-0.05, 0) is 60.2 Å². The molecule has 11 nitrogen and oxygen atoms in total. The number of carbonyl (C=O) groups excluding carboxylic acids is 1. The number of hydrazone groups is 1. The average Bonchev–Trinajstić information content (AvgIpc) is 3.23. The first-order chi connectivity index (χ1) is 16.3. The molecule has 0 aliphatic carbocycles. The van der Waals surface area contributed by atoms with E-state index in [9.17, 15) is 25.0 Å². The van der Waals surface area contributed by atoms with E-state index in [0.29, 0.717) is 11.1 Å². The van der Waals surface area contributed by atoms with Gasteiger partial charge in [0.15, 0.2) is 5.76 Å². The van der Waals surface area contributed by atoms with Crippen LogP contribution in [0, 0.1) is 20.2 Å². The topological polar surface area (TPSA) is 150 Å². The van der Waals surface area contributed by atoms with Crippen molar-refractivity contribution in [2.45, 2.75) is 0 Å². The number of rotatable bonds is 7. The molecule has 0 radical (unpaired) electrons. The lowest BCUT2D eigenvalue weighted by atomic mass is 10.2. The maximum Gasteiger partial charge on any atom is 0.318 e. The van der Waals surface area contributed by atoms with Crippen molar-refractivity contribution < 1.29 is 23.8 Å². The fourth-order valence-corrected chi connectivity index (χ4v) is 3.32. The molecule has 4 aromatic rings. The van der Waals surface area contributed by atoms with Gasteiger partial charge in [-0.2, -0.15) is 5.10 Å². The predicted octanol–water partition coefficient (Wildman–Crippen LogP) is 5.57. The summed E-state index contributed by atoms with van der Waals surface area (Å²) in [6.07, 6.45) is 1.40. The van der Waals surface area contributed by atoms with E-state index in [0.717, 1.165) is 28.1 Å². The number of nitro groups is 2. The third kappa shape index (κ3) is 5.07. The molecule has 1 heterocycles. The number of nitro benzene ring substituents is 2. The third-order valence-corrected chi connectivity index (χ3v) is 5.03. The average molecular weight is 525 g/mol. The summed E-state index contributed by atoms with van der Waals surface area (Å²) in [6.45, 7) is 0. The second-order valence-corrected chi connectivity index (χ2v) is 7.74. The Bertz CT molecular complexity index is 1450. The molecular weight excluding hydrogens is 512 g/mol. The fourth-order valence-electron chi connectivity index (χ4n) is 2.94. The zero-order valence-corrected chi connectivity index (χ0v) is 18.6. The molecule has 3 aromatic carbocycles. The monoisotopic (exact) mass is 524 g/mol. The van der Waals surface area contributed by atoms with E-state index in [2.05, 4.69) is 26.5 Å². The summed E-state index contributed by atoms with van der Waals surface area (Å²) >= 11 is 3.36. The van der Waals surface area contributed by atoms with E-state index in [4.69, 9.17) is 9.15 Å². The fraction of sp³-hybridized carbons (Fsp3) is 0. The van der Waals surface area contributed by atoms with Gasteiger partial charge < -0.3 is 9.15 Å². The summed E-state index contributed by atoms with van der Waals surface area (Å²) in [5.74, 6) is -0.276. The lowest BCUT2D eigenvalue weighted by Crippen LogP contribution is -2.16. The van der Waals surface area contributed by atoms with Crippen LogP contribution < -0.4 is 10.2 Å². The van der Waals surface area contributed by atoms with Crippen LogP contribution in [0.4, 0.5) is 11.4 Å². The number of nitrogens with one attached hydrogen (secondary N) is 1. The number of ether oxygens (including phenoxy) is 1. The molecule has 0 saturated heterocycles. The Hall–Kier alpha value is -4.58. The van der Waals surface area contributed by atoms with Crippen molar-refractivity contribution in [2.24, 2.45) is 5.10 Å². The Morgan fingerprint density at radius 2 is 1.76 bits per heavy atom. The molecule has 4 rings (SSSR count). The molecule has 12 heteroatoms. The predicted molar refractivity (Wildman–Crippen MR) is 125 cm³/mol. The highest BCUT2D eigenvalue weighted by molar-refractivity contribution is 9.10. The summed E-state index contributed by atoms with van der Waals surface area (Å²) in [6, 6.07) is 16.4. The van der Waals surface area contributed by atoms with Gasteiger partial charge in [-0.15, -0.1) is 0 Å². The van der Waals surface area contributed by atoms with Crippen LogP contribution in [0.5, 0.6) is 11.5 Å². The van der Waals surface area contributed by atoms with Crippen LogP contribution in [0.3, 0.4) is 0 Å².